The number of hydrogen-bond donors (Lipinski definition) is 2. The summed E-state index contributed by atoms with van der Waals surface area (Å²) in [5, 5.41) is 5.71. The molecule has 1 rings (SSSR count). The number of hydrogen-bond acceptors (Lipinski definition) is 2. The molecule has 1 amide bonds. The number of halogens is 1. The summed E-state index contributed by atoms with van der Waals surface area (Å²) in [6.45, 7) is 5.19. The van der Waals surface area contributed by atoms with Gasteiger partial charge < -0.3 is 10.6 Å². The van der Waals surface area contributed by atoms with Crippen LogP contribution in [-0.4, -0.2) is 19.0 Å². The predicted octanol–water partition coefficient (Wildman–Crippen LogP) is 3.18. The van der Waals surface area contributed by atoms with Crippen LogP contribution in [0, 0.1) is 5.82 Å². The molecule has 0 atom stereocenters. The molecule has 100 valence electrons. The zero-order valence-corrected chi connectivity index (χ0v) is 11.1. The van der Waals surface area contributed by atoms with E-state index in [-0.39, 0.29) is 11.6 Å². The lowest BCUT2D eigenvalue weighted by atomic mass is 10.1. The third kappa shape index (κ3) is 4.02. The Kier molecular flexibility index (Phi) is 6.19. The fourth-order valence-electron chi connectivity index (χ4n) is 1.74. The second-order valence-electron chi connectivity index (χ2n) is 4.16. The molecular weight excluding hydrogens is 231 g/mol. The van der Waals surface area contributed by atoms with Crippen LogP contribution in [-0.2, 0) is 0 Å². The van der Waals surface area contributed by atoms with Crippen LogP contribution in [0.3, 0.4) is 0 Å². The number of unbranched alkanes of at least 4 members (excludes halogenated alkanes) is 2. The summed E-state index contributed by atoms with van der Waals surface area (Å²) < 4.78 is 13.6. The molecule has 2 N–H and O–H groups in total. The zero-order valence-electron chi connectivity index (χ0n) is 11.1. The number of anilines is 1. The predicted molar refractivity (Wildman–Crippen MR) is 72.4 cm³/mol. The first-order valence-electron chi connectivity index (χ1n) is 6.51. The molecule has 1 aromatic carbocycles. The van der Waals surface area contributed by atoms with E-state index in [1.54, 1.807) is 12.1 Å². The minimum absolute atomic E-state index is 0.221. The standard InChI is InChI=1S/C14H21FN2O/c1-3-5-6-10-17-14(18)11-8-7-9-12(15)13(11)16-4-2/h7-9,16H,3-6,10H2,1-2H3,(H,17,18). The Morgan fingerprint density at radius 1 is 1.28 bits per heavy atom. The monoisotopic (exact) mass is 252 g/mol. The van der Waals surface area contributed by atoms with Gasteiger partial charge in [0.2, 0.25) is 0 Å². The van der Waals surface area contributed by atoms with Crippen molar-refractivity contribution in [3.05, 3.63) is 29.6 Å². The highest BCUT2D eigenvalue weighted by Gasteiger charge is 2.13. The highest BCUT2D eigenvalue weighted by Crippen LogP contribution is 2.19. The van der Waals surface area contributed by atoms with Crippen molar-refractivity contribution in [2.75, 3.05) is 18.4 Å². The molecule has 0 aliphatic heterocycles. The first kappa shape index (κ1) is 14.5. The fraction of sp³-hybridized carbons (Fsp3) is 0.500. The van der Waals surface area contributed by atoms with Crippen LogP contribution in [0.5, 0.6) is 0 Å². The summed E-state index contributed by atoms with van der Waals surface area (Å²) in [4.78, 5) is 11.9. The van der Waals surface area contributed by atoms with Crippen LogP contribution in [0.15, 0.2) is 18.2 Å². The number of amides is 1. The minimum Gasteiger partial charge on any atom is -0.382 e. The Hall–Kier alpha value is -1.58. The Morgan fingerprint density at radius 2 is 2.06 bits per heavy atom. The van der Waals surface area contributed by atoms with Gasteiger partial charge in [0.1, 0.15) is 5.82 Å². The Labute approximate surface area is 108 Å². The van der Waals surface area contributed by atoms with Gasteiger partial charge in [0, 0.05) is 13.1 Å². The number of carbonyl (C=O) groups is 1. The molecule has 4 heteroatoms. The van der Waals surface area contributed by atoms with Gasteiger partial charge in [-0.05, 0) is 25.5 Å². The van der Waals surface area contributed by atoms with Crippen molar-refractivity contribution in [2.24, 2.45) is 0 Å². The summed E-state index contributed by atoms with van der Waals surface area (Å²) in [5.41, 5.74) is 0.654. The SMILES string of the molecule is CCCCCNC(=O)c1cccc(F)c1NCC. The van der Waals surface area contributed by atoms with Gasteiger partial charge in [-0.2, -0.15) is 0 Å². The van der Waals surface area contributed by atoms with Crippen LogP contribution in [0.25, 0.3) is 0 Å². The normalized spacial score (nSPS) is 10.2. The van der Waals surface area contributed by atoms with Crippen LogP contribution >= 0.6 is 0 Å². The molecule has 0 radical (unpaired) electrons. The van der Waals surface area contributed by atoms with Crippen LogP contribution in [0.1, 0.15) is 43.5 Å². The Bertz CT molecular complexity index is 393. The third-order valence-corrected chi connectivity index (χ3v) is 2.68. The van der Waals surface area contributed by atoms with E-state index in [1.807, 2.05) is 6.92 Å². The van der Waals surface area contributed by atoms with E-state index in [0.717, 1.165) is 19.3 Å². The van der Waals surface area contributed by atoms with Crippen molar-refractivity contribution in [1.82, 2.24) is 5.32 Å². The molecule has 0 saturated carbocycles. The molecule has 0 aromatic heterocycles. The maximum atomic E-state index is 13.6. The highest BCUT2D eigenvalue weighted by atomic mass is 19.1. The molecule has 0 aliphatic carbocycles. The molecule has 18 heavy (non-hydrogen) atoms. The molecule has 0 heterocycles. The largest absolute Gasteiger partial charge is 0.382 e. The molecule has 0 spiro atoms. The average Bonchev–Trinajstić information content (AvgIpc) is 2.37. The van der Waals surface area contributed by atoms with Crippen molar-refractivity contribution in [2.45, 2.75) is 33.1 Å². The van der Waals surface area contributed by atoms with E-state index >= 15 is 0 Å². The van der Waals surface area contributed by atoms with Crippen LogP contribution in [0.2, 0.25) is 0 Å². The van der Waals surface area contributed by atoms with Gasteiger partial charge in [-0.1, -0.05) is 25.8 Å². The Balaban J connectivity index is 2.69. The van der Waals surface area contributed by atoms with E-state index < -0.39 is 5.82 Å². The first-order valence-corrected chi connectivity index (χ1v) is 6.51. The van der Waals surface area contributed by atoms with Crippen molar-refractivity contribution >= 4 is 11.6 Å². The molecule has 0 unspecified atom stereocenters. The quantitative estimate of drug-likeness (QED) is 0.732. The van der Waals surface area contributed by atoms with Gasteiger partial charge in [0.05, 0.1) is 11.3 Å². The topological polar surface area (TPSA) is 41.1 Å². The van der Waals surface area contributed by atoms with Gasteiger partial charge in [0.15, 0.2) is 0 Å². The summed E-state index contributed by atoms with van der Waals surface area (Å²) in [7, 11) is 0. The van der Waals surface area contributed by atoms with Crippen molar-refractivity contribution < 1.29 is 9.18 Å². The van der Waals surface area contributed by atoms with Gasteiger partial charge in [0.25, 0.3) is 5.91 Å². The maximum Gasteiger partial charge on any atom is 0.253 e. The van der Waals surface area contributed by atoms with Crippen molar-refractivity contribution in [3.63, 3.8) is 0 Å². The van der Waals surface area contributed by atoms with E-state index in [1.165, 1.54) is 6.07 Å². The first-order chi connectivity index (χ1) is 8.70. The minimum atomic E-state index is -0.391. The second kappa shape index (κ2) is 7.69. The van der Waals surface area contributed by atoms with Gasteiger partial charge in [-0.3, -0.25) is 4.79 Å². The average molecular weight is 252 g/mol. The molecule has 0 bridgehead atoms. The second-order valence-corrected chi connectivity index (χ2v) is 4.16. The third-order valence-electron chi connectivity index (χ3n) is 2.68. The van der Waals surface area contributed by atoms with Crippen molar-refractivity contribution in [1.29, 1.82) is 0 Å². The lowest BCUT2D eigenvalue weighted by Gasteiger charge is -2.11. The molecule has 3 nitrogen and oxygen atoms in total. The van der Waals surface area contributed by atoms with Crippen LogP contribution in [0.4, 0.5) is 10.1 Å². The molecule has 0 saturated heterocycles. The molecule has 1 aromatic rings. The summed E-state index contributed by atoms with van der Waals surface area (Å²) in [6, 6.07) is 4.54. The maximum absolute atomic E-state index is 13.6. The smallest absolute Gasteiger partial charge is 0.253 e. The van der Waals surface area contributed by atoms with Gasteiger partial charge >= 0.3 is 0 Å². The number of benzene rings is 1. The molecular formula is C14H21FN2O. The van der Waals surface area contributed by atoms with E-state index in [0.29, 0.717) is 18.7 Å². The number of nitrogens with one attached hydrogen (secondary N) is 2. The zero-order chi connectivity index (χ0) is 13.4. The van der Waals surface area contributed by atoms with E-state index in [2.05, 4.69) is 17.6 Å². The van der Waals surface area contributed by atoms with Gasteiger partial charge in [-0.15, -0.1) is 0 Å². The summed E-state index contributed by atoms with van der Waals surface area (Å²) in [5.74, 6) is -0.611. The number of para-hydroxylation sites is 1. The molecule has 0 aliphatic rings. The fourth-order valence-corrected chi connectivity index (χ4v) is 1.74. The summed E-state index contributed by atoms with van der Waals surface area (Å²) in [6.07, 6.45) is 3.15. The highest BCUT2D eigenvalue weighted by molar-refractivity contribution is 5.99. The number of carbonyl (C=O) groups excluding carboxylic acids is 1. The van der Waals surface area contributed by atoms with Gasteiger partial charge in [-0.25, -0.2) is 4.39 Å². The van der Waals surface area contributed by atoms with E-state index in [4.69, 9.17) is 0 Å². The van der Waals surface area contributed by atoms with Crippen molar-refractivity contribution in [3.8, 4) is 0 Å². The van der Waals surface area contributed by atoms with Crippen LogP contribution < -0.4 is 10.6 Å². The number of rotatable bonds is 7. The van der Waals surface area contributed by atoms with E-state index in [9.17, 15) is 9.18 Å². The lowest BCUT2D eigenvalue weighted by molar-refractivity contribution is 0.0953. The lowest BCUT2D eigenvalue weighted by Crippen LogP contribution is -2.25. The Morgan fingerprint density at radius 3 is 2.72 bits per heavy atom. The summed E-state index contributed by atoms with van der Waals surface area (Å²) >= 11 is 0. The molecule has 0 fully saturated rings.